The van der Waals surface area contributed by atoms with Crippen molar-refractivity contribution in [3.8, 4) is 22.6 Å². The number of para-hydroxylation sites is 1. The van der Waals surface area contributed by atoms with Gasteiger partial charge >= 0.3 is 0 Å². The van der Waals surface area contributed by atoms with Crippen molar-refractivity contribution in [2.75, 3.05) is 12.8 Å². The van der Waals surface area contributed by atoms with Crippen molar-refractivity contribution in [1.29, 1.82) is 0 Å². The van der Waals surface area contributed by atoms with E-state index in [0.29, 0.717) is 16.8 Å². The van der Waals surface area contributed by atoms with Gasteiger partial charge < -0.3 is 14.4 Å². The molecule has 2 atom stereocenters. The van der Waals surface area contributed by atoms with Crippen LogP contribution in [0.5, 0.6) is 11.5 Å². The molecule has 1 aliphatic heterocycles. The number of ether oxygens (including phenoxy) is 1. The molecule has 0 saturated heterocycles. The van der Waals surface area contributed by atoms with Crippen LogP contribution in [0.1, 0.15) is 26.3 Å². The Bertz CT molecular complexity index is 1080. The van der Waals surface area contributed by atoms with Crippen LogP contribution in [0.4, 0.5) is 0 Å². The summed E-state index contributed by atoms with van der Waals surface area (Å²) in [6.45, 7) is 6.52. The summed E-state index contributed by atoms with van der Waals surface area (Å²) < 4.78 is 25.5. The Morgan fingerprint density at radius 1 is 0.933 bits per heavy atom. The smallest absolute Gasteiger partial charge is 0.280 e. The predicted molar refractivity (Wildman–Crippen MR) is 121 cm³/mol. The first kappa shape index (κ1) is 20.7. The van der Waals surface area contributed by atoms with Crippen LogP contribution in [0, 0.1) is 0 Å². The summed E-state index contributed by atoms with van der Waals surface area (Å²) in [5.74, 6) is 1.26. The Kier molecular flexibility index (Phi) is 5.48. The van der Waals surface area contributed by atoms with Gasteiger partial charge in [0.25, 0.3) is 7.37 Å². The van der Waals surface area contributed by atoms with E-state index in [4.69, 9.17) is 9.26 Å². The molecule has 2 unspecified atom stereocenters. The van der Waals surface area contributed by atoms with Gasteiger partial charge in [0.05, 0.1) is 17.6 Å². The van der Waals surface area contributed by atoms with E-state index in [-0.39, 0.29) is 18.2 Å². The normalized spacial score (nSPS) is 18.7. The molecule has 1 heterocycles. The van der Waals surface area contributed by atoms with Crippen molar-refractivity contribution < 1.29 is 18.9 Å². The molecule has 0 fully saturated rings. The zero-order chi connectivity index (χ0) is 21.4. The highest BCUT2D eigenvalue weighted by Crippen LogP contribution is 2.54. The maximum Gasteiger partial charge on any atom is 0.280 e. The summed E-state index contributed by atoms with van der Waals surface area (Å²) in [6, 6.07) is 23.0. The first-order chi connectivity index (χ1) is 14.3. The predicted octanol–water partition coefficient (Wildman–Crippen LogP) is 5.39. The highest BCUT2D eigenvalue weighted by Gasteiger charge is 2.37. The first-order valence-corrected chi connectivity index (χ1v) is 12.0. The van der Waals surface area contributed by atoms with Crippen molar-refractivity contribution in [3.05, 3.63) is 78.4 Å². The third-order valence-electron chi connectivity index (χ3n) is 5.31. The zero-order valence-corrected chi connectivity index (χ0v) is 18.4. The lowest BCUT2D eigenvalue weighted by Crippen LogP contribution is -2.28. The molecule has 156 valence electrons. The molecular weight excluding hydrogens is 395 g/mol. The van der Waals surface area contributed by atoms with Gasteiger partial charge in [-0.2, -0.15) is 0 Å². The van der Waals surface area contributed by atoms with E-state index < -0.39 is 13.5 Å². The second kappa shape index (κ2) is 7.94. The monoisotopic (exact) mass is 422 g/mol. The Hall–Kier alpha value is -2.55. The number of aliphatic hydroxyl groups excluding tert-OH is 1. The van der Waals surface area contributed by atoms with Gasteiger partial charge in [-0.1, -0.05) is 69.3 Å². The summed E-state index contributed by atoms with van der Waals surface area (Å²) in [5, 5.41) is 11.3. The minimum absolute atomic E-state index is 0.00157. The fourth-order valence-corrected chi connectivity index (χ4v) is 6.07. The van der Waals surface area contributed by atoms with E-state index >= 15 is 0 Å². The van der Waals surface area contributed by atoms with E-state index in [0.717, 1.165) is 11.1 Å². The van der Waals surface area contributed by atoms with E-state index in [1.807, 2.05) is 72.8 Å². The van der Waals surface area contributed by atoms with E-state index in [1.54, 1.807) is 0 Å². The Morgan fingerprint density at radius 2 is 1.57 bits per heavy atom. The molecule has 0 aromatic heterocycles. The van der Waals surface area contributed by atoms with Crippen LogP contribution in [0.2, 0.25) is 0 Å². The van der Waals surface area contributed by atoms with Gasteiger partial charge in [-0.3, -0.25) is 4.57 Å². The third kappa shape index (κ3) is 4.16. The summed E-state index contributed by atoms with van der Waals surface area (Å²) in [7, 11) is -3.27. The van der Waals surface area contributed by atoms with Gasteiger partial charge in [0, 0.05) is 5.56 Å². The second-order valence-electron chi connectivity index (χ2n) is 8.70. The Morgan fingerprint density at radius 3 is 2.27 bits per heavy atom. The molecule has 5 heteroatoms. The molecule has 1 aliphatic rings. The van der Waals surface area contributed by atoms with Crippen molar-refractivity contribution >= 4 is 12.7 Å². The van der Waals surface area contributed by atoms with Crippen LogP contribution in [0.25, 0.3) is 11.1 Å². The highest BCUT2D eigenvalue weighted by molar-refractivity contribution is 7.67. The number of hydrogen-bond acceptors (Lipinski definition) is 4. The van der Waals surface area contributed by atoms with Crippen molar-refractivity contribution in [3.63, 3.8) is 0 Å². The molecule has 0 saturated carbocycles. The summed E-state index contributed by atoms with van der Waals surface area (Å²) in [5.41, 5.74) is 3.10. The molecule has 0 bridgehead atoms. The molecule has 4 nitrogen and oxygen atoms in total. The lowest BCUT2D eigenvalue weighted by molar-refractivity contribution is 0.123. The number of hydrogen-bond donors (Lipinski definition) is 1. The quantitative estimate of drug-likeness (QED) is 0.561. The van der Waals surface area contributed by atoms with Crippen LogP contribution in [-0.2, 0) is 9.98 Å². The van der Waals surface area contributed by atoms with Crippen molar-refractivity contribution in [1.82, 2.24) is 0 Å². The molecular formula is C25H27O4P. The molecule has 3 aromatic rings. The SMILES string of the molecule is CC(C)(C)c1ccc(OCC(O)CP2(=O)Oc3ccccc3-c3ccccc32)cc1. The van der Waals surface area contributed by atoms with E-state index in [2.05, 4.69) is 20.8 Å². The maximum absolute atomic E-state index is 13.8. The number of fused-ring (bicyclic) bond motifs is 3. The van der Waals surface area contributed by atoms with Crippen molar-refractivity contribution in [2.24, 2.45) is 0 Å². The average Bonchev–Trinajstić information content (AvgIpc) is 2.72. The lowest BCUT2D eigenvalue weighted by Gasteiger charge is -2.29. The topological polar surface area (TPSA) is 55.8 Å². The van der Waals surface area contributed by atoms with Gasteiger partial charge in [-0.05, 0) is 40.8 Å². The molecule has 3 aromatic carbocycles. The van der Waals surface area contributed by atoms with Gasteiger partial charge in [-0.25, -0.2) is 0 Å². The van der Waals surface area contributed by atoms with Gasteiger partial charge in [-0.15, -0.1) is 0 Å². The fraction of sp³-hybridized carbons (Fsp3) is 0.280. The van der Waals surface area contributed by atoms with Crippen LogP contribution >= 0.6 is 7.37 Å². The molecule has 0 amide bonds. The van der Waals surface area contributed by atoms with E-state index in [9.17, 15) is 9.67 Å². The molecule has 0 radical (unpaired) electrons. The van der Waals surface area contributed by atoms with Gasteiger partial charge in [0.2, 0.25) is 0 Å². The Labute approximate surface area is 177 Å². The second-order valence-corrected chi connectivity index (χ2v) is 11.1. The summed E-state index contributed by atoms with van der Waals surface area (Å²) >= 11 is 0. The molecule has 4 rings (SSSR count). The third-order valence-corrected chi connectivity index (χ3v) is 7.83. The number of aliphatic hydroxyl groups is 1. The summed E-state index contributed by atoms with van der Waals surface area (Å²) in [4.78, 5) is 0. The van der Waals surface area contributed by atoms with Crippen LogP contribution in [0.3, 0.4) is 0 Å². The van der Waals surface area contributed by atoms with Gasteiger partial charge in [0.15, 0.2) is 0 Å². The van der Waals surface area contributed by atoms with Crippen LogP contribution in [-0.4, -0.2) is 24.0 Å². The zero-order valence-electron chi connectivity index (χ0n) is 17.5. The van der Waals surface area contributed by atoms with Crippen LogP contribution in [0.15, 0.2) is 72.8 Å². The van der Waals surface area contributed by atoms with Crippen molar-refractivity contribution in [2.45, 2.75) is 32.3 Å². The number of rotatable bonds is 5. The molecule has 1 N–H and O–H groups in total. The largest absolute Gasteiger partial charge is 0.491 e. The van der Waals surface area contributed by atoms with Crippen LogP contribution < -0.4 is 14.6 Å². The molecule has 30 heavy (non-hydrogen) atoms. The minimum Gasteiger partial charge on any atom is -0.491 e. The Balaban J connectivity index is 1.48. The standard InChI is InChI=1S/C25H27O4P/c1-25(2,3)18-12-14-20(15-13-18)28-16-19(26)17-30(27)24-11-7-5-9-22(24)21-8-4-6-10-23(21)29-30/h4-15,19,26H,16-17H2,1-3H3. The average molecular weight is 422 g/mol. The fourth-order valence-electron chi connectivity index (χ4n) is 3.68. The maximum atomic E-state index is 13.8. The summed E-state index contributed by atoms with van der Waals surface area (Å²) in [6.07, 6.45) is -0.922. The highest BCUT2D eigenvalue weighted by atomic mass is 31.2. The number of benzene rings is 3. The molecule has 0 spiro atoms. The first-order valence-electron chi connectivity index (χ1n) is 10.2. The van der Waals surface area contributed by atoms with E-state index in [1.165, 1.54) is 5.56 Å². The van der Waals surface area contributed by atoms with Gasteiger partial charge in [0.1, 0.15) is 18.1 Å². The molecule has 0 aliphatic carbocycles. The lowest BCUT2D eigenvalue weighted by atomic mass is 9.87. The minimum atomic E-state index is -3.27.